The fourth-order valence-electron chi connectivity index (χ4n) is 1.39. The minimum Gasteiger partial charge on any atom is -0.497 e. The van der Waals surface area contributed by atoms with E-state index in [0.717, 1.165) is 0 Å². The van der Waals surface area contributed by atoms with Crippen molar-refractivity contribution in [3.63, 3.8) is 0 Å². The number of benzene rings is 1. The second-order valence-corrected chi connectivity index (χ2v) is 8.47. The SMILES string of the molecule is COc1ccc(Cl)c(NCCS(=O)(=O)C(C)(C)C)c1. The lowest BCUT2D eigenvalue weighted by atomic mass is 10.3. The van der Waals surface area contributed by atoms with Gasteiger partial charge in [-0.1, -0.05) is 11.6 Å². The molecule has 1 rings (SSSR count). The summed E-state index contributed by atoms with van der Waals surface area (Å²) < 4.78 is 28.3. The Hall–Kier alpha value is -0.940. The molecule has 0 bridgehead atoms. The van der Waals surface area contributed by atoms with Crippen molar-refractivity contribution in [3.8, 4) is 5.75 Å². The third-order valence-corrected chi connectivity index (χ3v) is 5.73. The zero-order chi connectivity index (χ0) is 14.7. The van der Waals surface area contributed by atoms with Gasteiger partial charge < -0.3 is 10.1 Å². The van der Waals surface area contributed by atoms with Crippen molar-refractivity contribution in [2.75, 3.05) is 24.7 Å². The number of rotatable bonds is 5. The summed E-state index contributed by atoms with van der Waals surface area (Å²) in [6, 6.07) is 5.20. The maximum atomic E-state index is 12.0. The number of methoxy groups -OCH3 is 1. The van der Waals surface area contributed by atoms with Gasteiger partial charge in [-0.15, -0.1) is 0 Å². The highest BCUT2D eigenvalue weighted by atomic mass is 35.5. The first kappa shape index (κ1) is 16.1. The lowest BCUT2D eigenvalue weighted by Gasteiger charge is -2.19. The molecule has 0 aromatic heterocycles. The summed E-state index contributed by atoms with van der Waals surface area (Å²) in [7, 11) is -1.57. The lowest BCUT2D eigenvalue weighted by Crippen LogP contribution is -2.32. The number of hydrogen-bond acceptors (Lipinski definition) is 4. The Morgan fingerprint density at radius 2 is 1.95 bits per heavy atom. The molecule has 0 aliphatic heterocycles. The number of anilines is 1. The summed E-state index contributed by atoms with van der Waals surface area (Å²) >= 11 is 6.03. The van der Waals surface area contributed by atoms with Crippen molar-refractivity contribution in [1.82, 2.24) is 0 Å². The molecule has 0 fully saturated rings. The van der Waals surface area contributed by atoms with E-state index in [-0.39, 0.29) is 5.75 Å². The van der Waals surface area contributed by atoms with Crippen LogP contribution in [0, 0.1) is 0 Å². The Kier molecular flexibility index (Phi) is 5.10. The van der Waals surface area contributed by atoms with Crippen LogP contribution in [-0.2, 0) is 9.84 Å². The van der Waals surface area contributed by atoms with Crippen LogP contribution in [-0.4, -0.2) is 32.6 Å². The van der Waals surface area contributed by atoms with Gasteiger partial charge in [0.1, 0.15) is 5.75 Å². The Balaban J connectivity index is 2.69. The van der Waals surface area contributed by atoms with Crippen LogP contribution < -0.4 is 10.1 Å². The molecule has 0 heterocycles. The average molecular weight is 306 g/mol. The van der Waals surface area contributed by atoms with Crippen LogP contribution in [0.15, 0.2) is 18.2 Å². The molecule has 0 spiro atoms. The fourth-order valence-corrected chi connectivity index (χ4v) is 2.56. The monoisotopic (exact) mass is 305 g/mol. The molecule has 0 atom stereocenters. The predicted octanol–water partition coefficient (Wildman–Crippen LogP) is 2.97. The van der Waals surface area contributed by atoms with Gasteiger partial charge in [-0.3, -0.25) is 0 Å². The van der Waals surface area contributed by atoms with E-state index in [1.54, 1.807) is 46.1 Å². The zero-order valence-electron chi connectivity index (χ0n) is 11.7. The minimum atomic E-state index is -3.13. The normalized spacial score (nSPS) is 12.3. The molecule has 0 saturated heterocycles. The van der Waals surface area contributed by atoms with Crippen LogP contribution in [0.3, 0.4) is 0 Å². The summed E-state index contributed by atoms with van der Waals surface area (Å²) in [5, 5.41) is 3.56. The number of hydrogen-bond donors (Lipinski definition) is 1. The van der Waals surface area contributed by atoms with Crippen LogP contribution in [0.1, 0.15) is 20.8 Å². The van der Waals surface area contributed by atoms with E-state index < -0.39 is 14.6 Å². The predicted molar refractivity (Wildman–Crippen MR) is 80.0 cm³/mol. The fraction of sp³-hybridized carbons (Fsp3) is 0.538. The molecular formula is C13H20ClNO3S. The van der Waals surface area contributed by atoms with Crippen molar-refractivity contribution in [1.29, 1.82) is 0 Å². The highest BCUT2D eigenvalue weighted by molar-refractivity contribution is 7.92. The molecule has 1 N–H and O–H groups in total. The first-order valence-electron chi connectivity index (χ1n) is 5.97. The third kappa shape index (κ3) is 4.28. The molecule has 4 nitrogen and oxygen atoms in total. The smallest absolute Gasteiger partial charge is 0.156 e. The van der Waals surface area contributed by atoms with E-state index in [0.29, 0.717) is 23.0 Å². The largest absolute Gasteiger partial charge is 0.497 e. The Morgan fingerprint density at radius 1 is 1.32 bits per heavy atom. The summed E-state index contributed by atoms with van der Waals surface area (Å²) in [5.74, 6) is 0.731. The Bertz CT molecular complexity index is 535. The average Bonchev–Trinajstić information content (AvgIpc) is 2.30. The van der Waals surface area contributed by atoms with Gasteiger partial charge in [-0.05, 0) is 32.9 Å². The van der Waals surface area contributed by atoms with Crippen LogP contribution in [0.2, 0.25) is 5.02 Å². The highest BCUT2D eigenvalue weighted by Gasteiger charge is 2.28. The van der Waals surface area contributed by atoms with E-state index in [1.807, 2.05) is 0 Å². The number of nitrogens with one attached hydrogen (secondary N) is 1. The van der Waals surface area contributed by atoms with Crippen LogP contribution >= 0.6 is 11.6 Å². The number of ether oxygens (including phenoxy) is 1. The molecule has 19 heavy (non-hydrogen) atoms. The topological polar surface area (TPSA) is 55.4 Å². The van der Waals surface area contributed by atoms with Gasteiger partial charge >= 0.3 is 0 Å². The minimum absolute atomic E-state index is 0.0596. The highest BCUT2D eigenvalue weighted by Crippen LogP contribution is 2.26. The van der Waals surface area contributed by atoms with Crippen LogP contribution in [0.4, 0.5) is 5.69 Å². The van der Waals surface area contributed by atoms with Crippen molar-refractivity contribution in [2.24, 2.45) is 0 Å². The summed E-state index contributed by atoms with van der Waals surface area (Å²) in [4.78, 5) is 0. The second-order valence-electron chi connectivity index (χ2n) is 5.20. The first-order chi connectivity index (χ1) is 8.67. The number of sulfone groups is 1. The van der Waals surface area contributed by atoms with Gasteiger partial charge in [0.25, 0.3) is 0 Å². The van der Waals surface area contributed by atoms with Crippen molar-refractivity contribution < 1.29 is 13.2 Å². The van der Waals surface area contributed by atoms with Crippen LogP contribution in [0.5, 0.6) is 5.75 Å². The van der Waals surface area contributed by atoms with Gasteiger partial charge in [0, 0.05) is 12.6 Å². The molecule has 6 heteroatoms. The summed E-state index contributed by atoms with van der Waals surface area (Å²) in [6.45, 7) is 5.40. The van der Waals surface area contributed by atoms with Crippen molar-refractivity contribution in [3.05, 3.63) is 23.2 Å². The molecule has 0 unspecified atom stereocenters. The molecular weight excluding hydrogens is 286 g/mol. The van der Waals surface area contributed by atoms with Crippen LogP contribution in [0.25, 0.3) is 0 Å². The maximum absolute atomic E-state index is 12.0. The van der Waals surface area contributed by atoms with Crippen molar-refractivity contribution in [2.45, 2.75) is 25.5 Å². The summed E-state index contributed by atoms with van der Waals surface area (Å²) in [6.07, 6.45) is 0. The van der Waals surface area contributed by atoms with Gasteiger partial charge in [0.05, 0.1) is 28.3 Å². The maximum Gasteiger partial charge on any atom is 0.156 e. The van der Waals surface area contributed by atoms with E-state index >= 15 is 0 Å². The lowest BCUT2D eigenvalue weighted by molar-refractivity contribution is 0.415. The molecule has 1 aromatic carbocycles. The van der Waals surface area contributed by atoms with E-state index in [2.05, 4.69) is 5.32 Å². The molecule has 0 radical (unpaired) electrons. The standard InChI is InChI=1S/C13H20ClNO3S/c1-13(2,3)19(16,17)8-7-15-12-9-10(18-4)5-6-11(12)14/h5-6,9,15H,7-8H2,1-4H3. The zero-order valence-corrected chi connectivity index (χ0v) is 13.2. The van der Waals surface area contributed by atoms with E-state index in [1.165, 1.54) is 0 Å². The number of halogens is 1. The second kappa shape index (κ2) is 6.01. The molecule has 0 aliphatic rings. The molecule has 0 saturated carbocycles. The quantitative estimate of drug-likeness (QED) is 0.908. The van der Waals surface area contributed by atoms with Gasteiger partial charge in [0.15, 0.2) is 9.84 Å². The van der Waals surface area contributed by atoms with E-state index in [4.69, 9.17) is 16.3 Å². The molecule has 0 amide bonds. The van der Waals surface area contributed by atoms with Gasteiger partial charge in [-0.25, -0.2) is 8.42 Å². The van der Waals surface area contributed by atoms with E-state index in [9.17, 15) is 8.42 Å². The Morgan fingerprint density at radius 3 is 2.47 bits per heavy atom. The van der Waals surface area contributed by atoms with Gasteiger partial charge in [-0.2, -0.15) is 0 Å². The third-order valence-electron chi connectivity index (χ3n) is 2.79. The Labute approximate surface area is 120 Å². The first-order valence-corrected chi connectivity index (χ1v) is 8.00. The molecule has 108 valence electrons. The summed E-state index contributed by atoms with van der Waals surface area (Å²) in [5.41, 5.74) is 0.671. The van der Waals surface area contributed by atoms with Gasteiger partial charge in [0.2, 0.25) is 0 Å². The molecule has 1 aromatic rings. The van der Waals surface area contributed by atoms with Crippen molar-refractivity contribution >= 4 is 27.1 Å². The molecule has 0 aliphatic carbocycles.